The fourth-order valence-electron chi connectivity index (χ4n) is 4.69. The van der Waals surface area contributed by atoms with E-state index in [2.05, 4.69) is 0 Å². The number of anilines is 1. The van der Waals surface area contributed by atoms with E-state index in [1.54, 1.807) is 12.0 Å². The van der Waals surface area contributed by atoms with Gasteiger partial charge in [0.2, 0.25) is 5.91 Å². The van der Waals surface area contributed by atoms with Crippen molar-refractivity contribution in [2.45, 2.75) is 38.8 Å². The summed E-state index contributed by atoms with van der Waals surface area (Å²) in [6.45, 7) is 3.01. The smallest absolute Gasteiger partial charge is 0.254 e. The highest BCUT2D eigenvalue weighted by atomic mass is 16.5. The van der Waals surface area contributed by atoms with Crippen LogP contribution in [0.5, 0.6) is 5.75 Å². The van der Waals surface area contributed by atoms with Crippen molar-refractivity contribution >= 4 is 17.6 Å². The molecule has 1 atom stereocenters. The Morgan fingerprint density at radius 3 is 2.73 bits per heavy atom. The number of hydrogen-bond acceptors (Lipinski definition) is 5. The highest BCUT2D eigenvalue weighted by Gasteiger charge is 2.36. The number of methoxy groups -OCH3 is 1. The molecule has 2 aliphatic rings. The second kappa shape index (κ2) is 8.65. The molecule has 0 radical (unpaired) electrons. The molecular formula is C26H26N4O3. The predicted molar refractivity (Wildman–Crippen MR) is 124 cm³/mol. The molecule has 168 valence electrons. The molecule has 1 fully saturated rings. The predicted octanol–water partition coefficient (Wildman–Crippen LogP) is 3.86. The number of ether oxygens (including phenoxy) is 1. The summed E-state index contributed by atoms with van der Waals surface area (Å²) in [4.78, 5) is 39.3. The summed E-state index contributed by atoms with van der Waals surface area (Å²) in [5.74, 6) is 2.01. The van der Waals surface area contributed by atoms with Gasteiger partial charge in [0.1, 0.15) is 11.6 Å². The Labute approximate surface area is 193 Å². The molecule has 5 rings (SSSR count). The summed E-state index contributed by atoms with van der Waals surface area (Å²) in [6, 6.07) is 16.8. The molecule has 0 unspecified atom stereocenters. The van der Waals surface area contributed by atoms with Crippen molar-refractivity contribution in [2.24, 2.45) is 0 Å². The van der Waals surface area contributed by atoms with E-state index in [0.717, 1.165) is 35.4 Å². The first-order valence-electron chi connectivity index (χ1n) is 11.2. The highest BCUT2D eigenvalue weighted by Crippen LogP contribution is 2.36. The van der Waals surface area contributed by atoms with Gasteiger partial charge in [-0.15, -0.1) is 0 Å². The average molecular weight is 443 g/mol. The maximum absolute atomic E-state index is 13.2. The van der Waals surface area contributed by atoms with Gasteiger partial charge in [0.25, 0.3) is 5.91 Å². The number of likely N-dealkylation sites (tertiary alicyclic amines) is 1. The molecule has 2 aromatic carbocycles. The molecule has 3 heterocycles. The largest absolute Gasteiger partial charge is 0.497 e. The molecule has 33 heavy (non-hydrogen) atoms. The van der Waals surface area contributed by atoms with Crippen molar-refractivity contribution < 1.29 is 14.3 Å². The normalized spacial score (nSPS) is 17.4. The van der Waals surface area contributed by atoms with Gasteiger partial charge in [0.15, 0.2) is 5.82 Å². The van der Waals surface area contributed by atoms with Crippen molar-refractivity contribution in [2.75, 3.05) is 18.6 Å². The summed E-state index contributed by atoms with van der Waals surface area (Å²) in [7, 11) is 1.63. The van der Waals surface area contributed by atoms with Crippen LogP contribution in [0.15, 0.2) is 54.6 Å². The molecule has 1 saturated heterocycles. The van der Waals surface area contributed by atoms with Crippen LogP contribution < -0.4 is 9.64 Å². The van der Waals surface area contributed by atoms with Crippen molar-refractivity contribution in [3.63, 3.8) is 0 Å². The number of fused-ring (bicyclic) bond motifs is 1. The Balaban J connectivity index is 1.47. The van der Waals surface area contributed by atoms with E-state index in [1.807, 2.05) is 66.4 Å². The monoisotopic (exact) mass is 442 g/mol. The molecule has 7 heteroatoms. The number of carbonyl (C=O) groups is 2. The summed E-state index contributed by atoms with van der Waals surface area (Å²) in [5.41, 5.74) is 3.30. The molecule has 0 aliphatic carbocycles. The van der Waals surface area contributed by atoms with Gasteiger partial charge >= 0.3 is 0 Å². The average Bonchev–Trinajstić information content (AvgIpc) is 3.45. The lowest BCUT2D eigenvalue weighted by atomic mass is 10.1. The minimum Gasteiger partial charge on any atom is -0.497 e. The van der Waals surface area contributed by atoms with Crippen LogP contribution in [0.2, 0.25) is 0 Å². The molecule has 3 aromatic rings. The van der Waals surface area contributed by atoms with E-state index in [-0.39, 0.29) is 17.9 Å². The first-order chi connectivity index (χ1) is 16.0. The van der Waals surface area contributed by atoms with E-state index in [0.29, 0.717) is 36.7 Å². The van der Waals surface area contributed by atoms with Crippen LogP contribution in [0.3, 0.4) is 0 Å². The lowest BCUT2D eigenvalue weighted by Gasteiger charge is -2.25. The van der Waals surface area contributed by atoms with Gasteiger partial charge in [-0.05, 0) is 49.6 Å². The fourth-order valence-corrected chi connectivity index (χ4v) is 4.69. The fraction of sp³-hybridized carbons (Fsp3) is 0.308. The van der Waals surface area contributed by atoms with Crippen molar-refractivity contribution in [1.82, 2.24) is 14.9 Å². The molecule has 7 nitrogen and oxygen atoms in total. The van der Waals surface area contributed by atoms with Gasteiger partial charge < -0.3 is 9.64 Å². The van der Waals surface area contributed by atoms with Gasteiger partial charge in [-0.3, -0.25) is 14.5 Å². The maximum Gasteiger partial charge on any atom is 0.254 e. The van der Waals surface area contributed by atoms with Crippen LogP contribution in [0.1, 0.15) is 51.9 Å². The van der Waals surface area contributed by atoms with Crippen molar-refractivity contribution in [1.29, 1.82) is 0 Å². The third-order valence-electron chi connectivity index (χ3n) is 6.40. The van der Waals surface area contributed by atoms with Crippen LogP contribution in [0.25, 0.3) is 0 Å². The zero-order valence-corrected chi connectivity index (χ0v) is 18.8. The first kappa shape index (κ1) is 21.1. The summed E-state index contributed by atoms with van der Waals surface area (Å²) in [6.07, 6.45) is 2.00. The van der Waals surface area contributed by atoms with Crippen LogP contribution in [-0.2, 0) is 17.8 Å². The number of aromatic nitrogens is 2. The van der Waals surface area contributed by atoms with Gasteiger partial charge in [-0.2, -0.15) is 0 Å². The zero-order valence-electron chi connectivity index (χ0n) is 18.8. The summed E-state index contributed by atoms with van der Waals surface area (Å²) >= 11 is 0. The van der Waals surface area contributed by atoms with Crippen LogP contribution in [-0.4, -0.2) is 40.3 Å². The molecule has 2 aliphatic heterocycles. The van der Waals surface area contributed by atoms with E-state index in [9.17, 15) is 9.59 Å². The van der Waals surface area contributed by atoms with Crippen LogP contribution in [0, 0.1) is 6.92 Å². The molecule has 0 spiro atoms. The summed E-state index contributed by atoms with van der Waals surface area (Å²) in [5, 5.41) is 0. The molecule has 0 N–H and O–H groups in total. The number of rotatable bonds is 5. The quantitative estimate of drug-likeness (QED) is 0.600. The van der Waals surface area contributed by atoms with E-state index >= 15 is 0 Å². The number of amides is 2. The Kier molecular flexibility index (Phi) is 5.54. The topological polar surface area (TPSA) is 75.6 Å². The maximum atomic E-state index is 13.2. The third kappa shape index (κ3) is 3.95. The molecule has 0 bridgehead atoms. The van der Waals surface area contributed by atoms with Crippen LogP contribution in [0.4, 0.5) is 5.82 Å². The van der Waals surface area contributed by atoms with Crippen LogP contribution >= 0.6 is 0 Å². The first-order valence-corrected chi connectivity index (χ1v) is 11.2. The SMILES string of the molecule is COc1cccc(CN2C(=O)Cc3c(C)nc([C@@H]4CCCN4C(=O)c4ccccc4)nc32)c1. The lowest BCUT2D eigenvalue weighted by Crippen LogP contribution is -2.32. The Morgan fingerprint density at radius 2 is 1.94 bits per heavy atom. The Bertz CT molecular complexity index is 1210. The molecule has 1 aromatic heterocycles. The molecule has 2 amide bonds. The number of carbonyl (C=O) groups excluding carboxylic acids is 2. The summed E-state index contributed by atoms with van der Waals surface area (Å²) < 4.78 is 5.33. The minimum atomic E-state index is -0.198. The number of benzene rings is 2. The number of aryl methyl sites for hydroxylation is 1. The van der Waals surface area contributed by atoms with Gasteiger partial charge in [0.05, 0.1) is 26.1 Å². The third-order valence-corrected chi connectivity index (χ3v) is 6.40. The van der Waals surface area contributed by atoms with E-state index in [1.165, 1.54) is 0 Å². The molecule has 0 saturated carbocycles. The zero-order chi connectivity index (χ0) is 22.9. The number of hydrogen-bond donors (Lipinski definition) is 0. The van der Waals surface area contributed by atoms with E-state index in [4.69, 9.17) is 14.7 Å². The molecular weight excluding hydrogens is 416 g/mol. The highest BCUT2D eigenvalue weighted by molar-refractivity contribution is 6.00. The minimum absolute atomic E-state index is 0.00556. The Morgan fingerprint density at radius 1 is 1.12 bits per heavy atom. The standard InChI is InChI=1S/C26H26N4O3/c1-17-21-15-23(31)30(16-18-8-6-11-20(14-18)33-2)25(21)28-24(27-17)22-12-7-13-29(22)26(32)19-9-4-3-5-10-19/h3-6,8-11,14,22H,7,12-13,15-16H2,1-2H3/t22-/m0/s1. The van der Waals surface area contributed by atoms with Gasteiger partial charge in [-0.25, -0.2) is 9.97 Å². The second-order valence-electron chi connectivity index (χ2n) is 8.50. The van der Waals surface area contributed by atoms with E-state index < -0.39 is 0 Å². The van der Waals surface area contributed by atoms with Gasteiger partial charge in [-0.1, -0.05) is 30.3 Å². The number of nitrogens with zero attached hydrogens (tertiary/aromatic N) is 4. The second-order valence-corrected chi connectivity index (χ2v) is 8.50. The Hall–Kier alpha value is -3.74. The van der Waals surface area contributed by atoms with Crippen molar-refractivity contribution in [3.8, 4) is 5.75 Å². The van der Waals surface area contributed by atoms with Crippen molar-refractivity contribution in [3.05, 3.63) is 82.8 Å². The lowest BCUT2D eigenvalue weighted by molar-refractivity contribution is -0.117. The van der Waals surface area contributed by atoms with Gasteiger partial charge in [0, 0.05) is 23.4 Å².